The zero-order valence-corrected chi connectivity index (χ0v) is 17.8. The molecule has 3 rings (SSSR count). The molecule has 2 N–H and O–H groups in total. The van der Waals surface area contributed by atoms with Crippen LogP contribution in [0.25, 0.3) is 0 Å². The number of rotatable bonds is 4. The van der Waals surface area contributed by atoms with Crippen molar-refractivity contribution >= 4 is 23.6 Å². The number of benzene rings is 1. The number of carbonyl (C=O) groups is 3. The highest BCUT2D eigenvalue weighted by atomic mass is 16.5. The lowest BCUT2D eigenvalue weighted by atomic mass is 9.94. The van der Waals surface area contributed by atoms with Crippen LogP contribution in [0, 0.1) is 0 Å². The monoisotopic (exact) mass is 419 g/mol. The van der Waals surface area contributed by atoms with Gasteiger partial charge in [0, 0.05) is 18.8 Å². The number of anilines is 1. The molecule has 0 spiro atoms. The Morgan fingerprint density at radius 2 is 2.07 bits per heavy atom. The third-order valence-electron chi connectivity index (χ3n) is 5.31. The van der Waals surface area contributed by atoms with E-state index in [9.17, 15) is 14.4 Å². The van der Waals surface area contributed by atoms with Gasteiger partial charge in [0.2, 0.25) is 0 Å². The summed E-state index contributed by atoms with van der Waals surface area (Å²) in [6, 6.07) is 4.47. The van der Waals surface area contributed by atoms with Crippen molar-refractivity contribution in [1.29, 1.82) is 0 Å². The van der Waals surface area contributed by atoms with E-state index in [0.29, 0.717) is 29.8 Å². The smallest absolute Gasteiger partial charge is 0.319 e. The van der Waals surface area contributed by atoms with Gasteiger partial charge >= 0.3 is 12.0 Å². The summed E-state index contributed by atoms with van der Waals surface area (Å²) in [5, 5.41) is 5.48. The van der Waals surface area contributed by atoms with Crippen molar-refractivity contribution in [3.05, 3.63) is 23.8 Å². The van der Waals surface area contributed by atoms with Crippen molar-refractivity contribution in [2.45, 2.75) is 57.4 Å². The van der Waals surface area contributed by atoms with Crippen LogP contribution in [0.5, 0.6) is 5.75 Å². The molecular weight excluding hydrogens is 390 g/mol. The maximum Gasteiger partial charge on any atom is 0.319 e. The summed E-state index contributed by atoms with van der Waals surface area (Å²) in [6.45, 7) is 3.99. The van der Waals surface area contributed by atoms with Gasteiger partial charge in [-0.2, -0.15) is 0 Å². The van der Waals surface area contributed by atoms with E-state index in [2.05, 4.69) is 10.6 Å². The van der Waals surface area contributed by atoms with E-state index < -0.39 is 0 Å². The Hall–Kier alpha value is -2.81. The predicted molar refractivity (Wildman–Crippen MR) is 110 cm³/mol. The lowest BCUT2D eigenvalue weighted by Gasteiger charge is -2.42. The minimum atomic E-state index is -0.342. The largest absolute Gasteiger partial charge is 0.490 e. The summed E-state index contributed by atoms with van der Waals surface area (Å²) in [6.07, 6.45) is 0.933. The van der Waals surface area contributed by atoms with E-state index in [0.717, 1.165) is 0 Å². The fourth-order valence-corrected chi connectivity index (χ4v) is 3.80. The number of nitrogens with zero attached hydrogens (tertiary/aromatic N) is 1. The Bertz CT molecular complexity index is 812. The zero-order chi connectivity index (χ0) is 21.8. The molecule has 0 aliphatic carbocycles. The van der Waals surface area contributed by atoms with E-state index >= 15 is 0 Å². The standard InChI is InChI=1S/C21H29N3O6/c1-12(2)22-21(27)23-13-5-8-17-15(9-13)20(26)24(3)16-7-6-14(10-19(25)28-4)30-18(16)11-29-17/h5,8-9,12,14,16,18H,6-7,10-11H2,1-4H3,(H2,22,23,27)/t14-,16+,18+/m0/s1. The van der Waals surface area contributed by atoms with E-state index in [4.69, 9.17) is 14.2 Å². The van der Waals surface area contributed by atoms with Gasteiger partial charge in [-0.15, -0.1) is 0 Å². The van der Waals surface area contributed by atoms with Crippen LogP contribution < -0.4 is 15.4 Å². The second kappa shape index (κ2) is 9.34. The van der Waals surface area contributed by atoms with E-state index in [-0.39, 0.29) is 55.2 Å². The third kappa shape index (κ3) is 5.02. The van der Waals surface area contributed by atoms with Gasteiger partial charge < -0.3 is 29.7 Å². The second-order valence-corrected chi connectivity index (χ2v) is 7.91. The van der Waals surface area contributed by atoms with Crippen LogP contribution in [0.3, 0.4) is 0 Å². The highest BCUT2D eigenvalue weighted by Crippen LogP contribution is 2.32. The number of hydrogen-bond acceptors (Lipinski definition) is 6. The topological polar surface area (TPSA) is 106 Å². The van der Waals surface area contributed by atoms with Crippen LogP contribution in [0.1, 0.15) is 43.5 Å². The number of hydrogen-bond donors (Lipinski definition) is 2. The first-order valence-electron chi connectivity index (χ1n) is 10.1. The number of ether oxygens (including phenoxy) is 3. The van der Waals surface area contributed by atoms with Gasteiger partial charge in [-0.05, 0) is 44.9 Å². The molecule has 3 amide bonds. The van der Waals surface area contributed by atoms with Crippen molar-refractivity contribution in [3.8, 4) is 5.75 Å². The number of likely N-dealkylation sites (N-methyl/N-ethyl adjacent to an activating group) is 1. The predicted octanol–water partition coefficient (Wildman–Crippen LogP) is 2.16. The van der Waals surface area contributed by atoms with Crippen molar-refractivity contribution in [3.63, 3.8) is 0 Å². The Kier molecular flexibility index (Phi) is 6.81. The number of nitrogens with one attached hydrogen (secondary N) is 2. The van der Waals surface area contributed by atoms with Gasteiger partial charge in [0.25, 0.3) is 5.91 Å². The zero-order valence-electron chi connectivity index (χ0n) is 17.8. The molecule has 30 heavy (non-hydrogen) atoms. The van der Waals surface area contributed by atoms with E-state index in [1.807, 2.05) is 13.8 Å². The molecule has 0 aromatic heterocycles. The van der Waals surface area contributed by atoms with Crippen LogP contribution in [0.15, 0.2) is 18.2 Å². The molecule has 2 aliphatic heterocycles. The lowest BCUT2D eigenvalue weighted by Crippen LogP contribution is -2.53. The minimum absolute atomic E-state index is 0.00307. The number of fused-ring (bicyclic) bond motifs is 2. The van der Waals surface area contributed by atoms with Crippen LogP contribution in [-0.4, -0.2) is 67.9 Å². The Labute approximate surface area is 176 Å². The maximum atomic E-state index is 13.2. The summed E-state index contributed by atoms with van der Waals surface area (Å²) < 4.78 is 16.7. The van der Waals surface area contributed by atoms with Gasteiger partial charge in [0.05, 0.1) is 31.2 Å². The summed E-state index contributed by atoms with van der Waals surface area (Å²) in [5.41, 5.74) is 0.891. The molecule has 0 radical (unpaired) electrons. The molecule has 1 aromatic rings. The first-order chi connectivity index (χ1) is 14.3. The first kappa shape index (κ1) is 21.9. The Balaban J connectivity index is 1.76. The van der Waals surface area contributed by atoms with Gasteiger partial charge in [-0.25, -0.2) is 4.79 Å². The Morgan fingerprint density at radius 3 is 2.77 bits per heavy atom. The van der Waals surface area contributed by atoms with Gasteiger partial charge in [-0.3, -0.25) is 9.59 Å². The normalized spacial score (nSPS) is 23.4. The van der Waals surface area contributed by atoms with E-state index in [1.54, 1.807) is 30.1 Å². The molecule has 9 heteroatoms. The molecule has 0 bridgehead atoms. The van der Waals surface area contributed by atoms with Gasteiger partial charge in [-0.1, -0.05) is 0 Å². The summed E-state index contributed by atoms with van der Waals surface area (Å²) in [7, 11) is 3.09. The molecule has 9 nitrogen and oxygen atoms in total. The van der Waals surface area contributed by atoms with E-state index in [1.165, 1.54) is 7.11 Å². The molecule has 164 valence electrons. The average molecular weight is 419 g/mol. The van der Waals surface area contributed by atoms with Crippen molar-refractivity contribution in [2.24, 2.45) is 0 Å². The third-order valence-corrected chi connectivity index (χ3v) is 5.31. The van der Waals surface area contributed by atoms with Crippen LogP contribution in [-0.2, 0) is 14.3 Å². The van der Waals surface area contributed by atoms with Gasteiger partial charge in [0.15, 0.2) is 0 Å². The first-order valence-corrected chi connectivity index (χ1v) is 10.1. The second-order valence-electron chi connectivity index (χ2n) is 7.91. The van der Waals surface area contributed by atoms with Gasteiger partial charge in [0.1, 0.15) is 18.5 Å². The number of esters is 1. The molecule has 3 atom stereocenters. The molecule has 1 fully saturated rings. The fraction of sp³-hybridized carbons (Fsp3) is 0.571. The molecule has 1 saturated heterocycles. The summed E-state index contributed by atoms with van der Waals surface area (Å²) in [5.74, 6) is -0.0945. The highest BCUT2D eigenvalue weighted by Gasteiger charge is 2.39. The number of methoxy groups -OCH3 is 1. The van der Waals surface area contributed by atoms with Crippen LogP contribution >= 0.6 is 0 Å². The SMILES string of the molecule is COC(=O)C[C@@H]1CC[C@@H]2[C@@H](COc3ccc(NC(=O)NC(C)C)cc3C(=O)N2C)O1. The van der Waals surface area contributed by atoms with Crippen molar-refractivity contribution < 1.29 is 28.6 Å². The summed E-state index contributed by atoms with van der Waals surface area (Å²) >= 11 is 0. The van der Waals surface area contributed by atoms with Crippen molar-refractivity contribution in [1.82, 2.24) is 10.2 Å². The highest BCUT2D eigenvalue weighted by molar-refractivity contribution is 5.99. The number of carbonyl (C=O) groups excluding carboxylic acids is 3. The molecule has 0 unspecified atom stereocenters. The molecule has 2 aliphatic rings. The number of urea groups is 1. The van der Waals surface area contributed by atoms with Crippen LogP contribution in [0.4, 0.5) is 10.5 Å². The summed E-state index contributed by atoms with van der Waals surface area (Å²) in [4.78, 5) is 38.4. The molecular formula is C21H29N3O6. The van der Waals surface area contributed by atoms with Crippen LogP contribution in [0.2, 0.25) is 0 Å². The fourth-order valence-electron chi connectivity index (χ4n) is 3.80. The average Bonchev–Trinajstić information content (AvgIpc) is 2.70. The molecule has 1 aromatic carbocycles. The molecule has 0 saturated carbocycles. The van der Waals surface area contributed by atoms with Crippen molar-refractivity contribution in [2.75, 3.05) is 26.1 Å². The maximum absolute atomic E-state index is 13.2. The lowest BCUT2D eigenvalue weighted by molar-refractivity contribution is -0.151. The quantitative estimate of drug-likeness (QED) is 0.725. The molecule has 2 heterocycles. The number of amides is 3. The Morgan fingerprint density at radius 1 is 1.30 bits per heavy atom. The minimum Gasteiger partial charge on any atom is -0.490 e.